The van der Waals surface area contributed by atoms with Crippen LogP contribution in [0.15, 0.2) is 36.4 Å². The topological polar surface area (TPSA) is 95.1 Å². The van der Waals surface area contributed by atoms with E-state index in [0.717, 1.165) is 5.56 Å². The summed E-state index contributed by atoms with van der Waals surface area (Å²) >= 11 is 0. The molecular formula is C21H26N2O6. The minimum absolute atomic E-state index is 0.228. The van der Waals surface area contributed by atoms with Crippen LogP contribution in [0.1, 0.15) is 35.7 Å². The van der Waals surface area contributed by atoms with Gasteiger partial charge in [0, 0.05) is 5.56 Å². The fourth-order valence-corrected chi connectivity index (χ4v) is 2.68. The molecule has 2 rings (SSSR count). The van der Waals surface area contributed by atoms with E-state index in [1.807, 2.05) is 32.0 Å². The summed E-state index contributed by atoms with van der Waals surface area (Å²) in [5.74, 6) is 0.883. The Hall–Kier alpha value is -3.42. The fourth-order valence-electron chi connectivity index (χ4n) is 2.68. The zero-order chi connectivity index (χ0) is 21.4. The average Bonchev–Trinajstić information content (AvgIpc) is 2.74. The van der Waals surface area contributed by atoms with E-state index in [0.29, 0.717) is 23.0 Å². The monoisotopic (exact) mass is 402 g/mol. The smallest absolute Gasteiger partial charge is 0.276 e. The van der Waals surface area contributed by atoms with E-state index in [-0.39, 0.29) is 18.1 Å². The normalized spacial score (nSPS) is 10.3. The van der Waals surface area contributed by atoms with Gasteiger partial charge in [-0.3, -0.25) is 20.4 Å². The highest BCUT2D eigenvalue weighted by molar-refractivity contribution is 5.96. The number of hydrazine groups is 1. The Morgan fingerprint density at radius 2 is 1.52 bits per heavy atom. The molecule has 29 heavy (non-hydrogen) atoms. The summed E-state index contributed by atoms with van der Waals surface area (Å²) in [6.07, 6.45) is 0. The van der Waals surface area contributed by atoms with Crippen molar-refractivity contribution in [3.63, 3.8) is 0 Å². The summed E-state index contributed by atoms with van der Waals surface area (Å²) in [5.41, 5.74) is 5.90. The lowest BCUT2D eigenvalue weighted by Crippen LogP contribution is -2.43. The predicted molar refractivity (Wildman–Crippen MR) is 108 cm³/mol. The Morgan fingerprint density at radius 1 is 0.897 bits per heavy atom. The predicted octanol–water partition coefficient (Wildman–Crippen LogP) is 2.68. The third kappa shape index (κ3) is 5.54. The molecule has 0 fully saturated rings. The molecule has 0 saturated heterocycles. The molecular weight excluding hydrogens is 376 g/mol. The molecule has 2 amide bonds. The fraction of sp³-hybridized carbons (Fsp3) is 0.333. The molecule has 0 radical (unpaired) electrons. The summed E-state index contributed by atoms with van der Waals surface area (Å²) in [6, 6.07) is 10.5. The zero-order valence-electron chi connectivity index (χ0n) is 17.2. The summed E-state index contributed by atoms with van der Waals surface area (Å²) in [6.45, 7) is 3.85. The molecule has 2 aromatic carbocycles. The van der Waals surface area contributed by atoms with E-state index in [1.165, 1.54) is 33.5 Å². The molecule has 0 aromatic heterocycles. The first kappa shape index (κ1) is 21.9. The van der Waals surface area contributed by atoms with Gasteiger partial charge in [-0.25, -0.2) is 0 Å². The minimum atomic E-state index is -0.541. The Labute approximate surface area is 170 Å². The number of carbonyl (C=O) groups is 2. The van der Waals surface area contributed by atoms with Crippen molar-refractivity contribution in [3.05, 3.63) is 47.5 Å². The standard InChI is InChI=1S/C21H26N2O6/c1-13(2)15-8-6-7-9-16(15)29-12-19(24)22-23-21(25)14-10-17(26-3)20(28-5)18(11-14)27-4/h6-11,13H,12H2,1-5H3,(H,22,24)(H,23,25). The van der Waals surface area contributed by atoms with Crippen LogP contribution in [-0.2, 0) is 4.79 Å². The van der Waals surface area contributed by atoms with Crippen molar-refractivity contribution in [2.24, 2.45) is 0 Å². The molecule has 0 spiro atoms. The molecule has 8 nitrogen and oxygen atoms in total. The molecule has 0 unspecified atom stereocenters. The number of amides is 2. The van der Waals surface area contributed by atoms with Gasteiger partial charge in [-0.05, 0) is 29.7 Å². The van der Waals surface area contributed by atoms with Gasteiger partial charge in [0.2, 0.25) is 5.75 Å². The molecule has 0 saturated carbocycles. The molecule has 0 bridgehead atoms. The number of para-hydroxylation sites is 1. The third-order valence-corrected chi connectivity index (χ3v) is 4.14. The van der Waals surface area contributed by atoms with Crippen molar-refractivity contribution in [1.82, 2.24) is 10.9 Å². The zero-order valence-corrected chi connectivity index (χ0v) is 17.2. The van der Waals surface area contributed by atoms with Crippen molar-refractivity contribution in [3.8, 4) is 23.0 Å². The highest BCUT2D eigenvalue weighted by Crippen LogP contribution is 2.38. The Bertz CT molecular complexity index is 841. The Morgan fingerprint density at radius 3 is 2.07 bits per heavy atom. The molecule has 0 aliphatic heterocycles. The van der Waals surface area contributed by atoms with E-state index < -0.39 is 11.8 Å². The van der Waals surface area contributed by atoms with Crippen LogP contribution in [0.25, 0.3) is 0 Å². The minimum Gasteiger partial charge on any atom is -0.493 e. The van der Waals surface area contributed by atoms with Gasteiger partial charge in [-0.2, -0.15) is 0 Å². The molecule has 2 N–H and O–H groups in total. The maximum atomic E-state index is 12.4. The van der Waals surface area contributed by atoms with E-state index >= 15 is 0 Å². The summed E-state index contributed by atoms with van der Waals surface area (Å²) < 4.78 is 21.2. The van der Waals surface area contributed by atoms with Crippen molar-refractivity contribution in [2.75, 3.05) is 27.9 Å². The number of nitrogens with one attached hydrogen (secondary N) is 2. The van der Waals surface area contributed by atoms with E-state index in [1.54, 1.807) is 6.07 Å². The molecule has 0 aliphatic rings. The van der Waals surface area contributed by atoms with E-state index in [2.05, 4.69) is 10.9 Å². The van der Waals surface area contributed by atoms with Gasteiger partial charge in [0.1, 0.15) is 5.75 Å². The van der Waals surface area contributed by atoms with Crippen LogP contribution >= 0.6 is 0 Å². The summed E-state index contributed by atoms with van der Waals surface area (Å²) in [7, 11) is 4.37. The van der Waals surface area contributed by atoms with Crippen molar-refractivity contribution >= 4 is 11.8 Å². The maximum Gasteiger partial charge on any atom is 0.276 e. The van der Waals surface area contributed by atoms with Gasteiger partial charge in [0.25, 0.3) is 11.8 Å². The molecule has 0 heterocycles. The molecule has 2 aromatic rings. The highest BCUT2D eigenvalue weighted by atomic mass is 16.5. The summed E-state index contributed by atoms with van der Waals surface area (Å²) in [4.78, 5) is 24.4. The maximum absolute atomic E-state index is 12.4. The van der Waals surface area contributed by atoms with E-state index in [9.17, 15) is 9.59 Å². The van der Waals surface area contributed by atoms with Gasteiger partial charge < -0.3 is 18.9 Å². The number of ether oxygens (including phenoxy) is 4. The first-order valence-electron chi connectivity index (χ1n) is 9.02. The van der Waals surface area contributed by atoms with Crippen molar-refractivity contribution < 1.29 is 28.5 Å². The largest absolute Gasteiger partial charge is 0.493 e. The first-order valence-corrected chi connectivity index (χ1v) is 9.02. The molecule has 8 heteroatoms. The average molecular weight is 402 g/mol. The number of benzene rings is 2. The quantitative estimate of drug-likeness (QED) is 0.659. The number of hydrogen-bond acceptors (Lipinski definition) is 6. The van der Waals surface area contributed by atoms with Gasteiger partial charge in [0.15, 0.2) is 18.1 Å². The second-order valence-corrected chi connectivity index (χ2v) is 6.40. The van der Waals surface area contributed by atoms with Crippen LogP contribution in [-0.4, -0.2) is 39.8 Å². The van der Waals surface area contributed by atoms with Gasteiger partial charge >= 0.3 is 0 Å². The number of hydrogen-bond donors (Lipinski definition) is 2. The molecule has 0 atom stereocenters. The second-order valence-electron chi connectivity index (χ2n) is 6.40. The van der Waals surface area contributed by atoms with Crippen LogP contribution in [0.4, 0.5) is 0 Å². The summed E-state index contributed by atoms with van der Waals surface area (Å²) in [5, 5.41) is 0. The van der Waals surface area contributed by atoms with Crippen molar-refractivity contribution in [1.29, 1.82) is 0 Å². The Kier molecular flexibility index (Phi) is 7.70. The van der Waals surface area contributed by atoms with Gasteiger partial charge in [-0.1, -0.05) is 32.0 Å². The molecule has 0 aliphatic carbocycles. The second kappa shape index (κ2) is 10.2. The van der Waals surface area contributed by atoms with Crippen molar-refractivity contribution in [2.45, 2.75) is 19.8 Å². The van der Waals surface area contributed by atoms with Crippen LogP contribution in [0.5, 0.6) is 23.0 Å². The lowest BCUT2D eigenvalue weighted by atomic mass is 10.0. The number of rotatable bonds is 8. The van der Waals surface area contributed by atoms with Gasteiger partial charge in [0.05, 0.1) is 21.3 Å². The number of carbonyl (C=O) groups excluding carboxylic acids is 2. The molecule has 156 valence electrons. The third-order valence-electron chi connectivity index (χ3n) is 4.14. The SMILES string of the molecule is COc1cc(C(=O)NNC(=O)COc2ccccc2C(C)C)cc(OC)c1OC. The Balaban J connectivity index is 1.98. The van der Waals surface area contributed by atoms with Crippen LogP contribution in [0.3, 0.4) is 0 Å². The van der Waals surface area contributed by atoms with Crippen LogP contribution < -0.4 is 29.8 Å². The van der Waals surface area contributed by atoms with Gasteiger partial charge in [-0.15, -0.1) is 0 Å². The lowest BCUT2D eigenvalue weighted by molar-refractivity contribution is -0.123. The first-order chi connectivity index (χ1) is 13.9. The van der Waals surface area contributed by atoms with E-state index in [4.69, 9.17) is 18.9 Å². The lowest BCUT2D eigenvalue weighted by Gasteiger charge is -2.15. The number of methoxy groups -OCH3 is 3. The van der Waals surface area contributed by atoms with Crippen LogP contribution in [0.2, 0.25) is 0 Å². The van der Waals surface area contributed by atoms with Crippen LogP contribution in [0, 0.1) is 0 Å². The highest BCUT2D eigenvalue weighted by Gasteiger charge is 2.17.